The van der Waals surface area contributed by atoms with Gasteiger partial charge in [-0.2, -0.15) is 30.3 Å². The zero-order valence-corrected chi connectivity index (χ0v) is 9.28. The van der Waals surface area contributed by atoms with E-state index in [-0.39, 0.29) is 0 Å². The molecule has 1 unspecified atom stereocenters. The molecular weight excluding hydrogens is 284 g/mol. The topological polar surface area (TPSA) is 49.7 Å². The molecule has 0 aromatic rings. The first-order chi connectivity index (χ1) is 7.36. The summed E-state index contributed by atoms with van der Waals surface area (Å²) in [7, 11) is -3.62. The monoisotopic (exact) mass is 294 g/mol. The molecule has 0 rings (SSSR count). The predicted octanol–water partition coefficient (Wildman–Crippen LogP) is 3.07. The van der Waals surface area contributed by atoms with Crippen LogP contribution in [0.1, 0.15) is 13.3 Å². The van der Waals surface area contributed by atoms with Crippen LogP contribution in [0.25, 0.3) is 0 Å². The lowest BCUT2D eigenvalue weighted by atomic mass is 10.4. The first-order valence-corrected chi connectivity index (χ1v) is 5.00. The maximum absolute atomic E-state index is 12.2. The van der Waals surface area contributed by atoms with Gasteiger partial charge in [-0.3, -0.25) is 0 Å². The quantitative estimate of drug-likeness (QED) is 0.619. The highest BCUT2D eigenvalue weighted by Crippen LogP contribution is 2.32. The summed E-state index contributed by atoms with van der Waals surface area (Å²) in [6.45, 7) is 0.298. The summed E-state index contributed by atoms with van der Waals surface area (Å²) in [5, 5.41) is 8.47. The van der Waals surface area contributed by atoms with Gasteiger partial charge < -0.3 is 14.7 Å². The Hall–Kier alpha value is -0.180. The van der Waals surface area contributed by atoms with Crippen molar-refractivity contribution >= 4 is 8.77 Å². The molecule has 3 nitrogen and oxygen atoms in total. The van der Waals surface area contributed by atoms with E-state index < -0.39 is 40.2 Å². The van der Waals surface area contributed by atoms with Gasteiger partial charge in [0.1, 0.15) is 6.42 Å². The minimum absolute atomic E-state index is 0.830. The molecule has 0 aromatic carbocycles. The summed E-state index contributed by atoms with van der Waals surface area (Å²) >= 11 is 0. The summed E-state index contributed by atoms with van der Waals surface area (Å²) < 4.78 is 82.3. The van der Waals surface area contributed by atoms with Gasteiger partial charge in [-0.15, -0.1) is 0 Å². The third-order valence-corrected chi connectivity index (χ3v) is 0.942. The number of hydrogen-bond acceptors (Lipinski definition) is 3. The van der Waals surface area contributed by atoms with E-state index in [1.54, 1.807) is 0 Å². The molecule has 0 spiro atoms. The summed E-state index contributed by atoms with van der Waals surface area (Å²) in [6, 6.07) is 0. The van der Waals surface area contributed by atoms with Gasteiger partial charge in [-0.25, -0.2) is 0 Å². The zero-order chi connectivity index (χ0) is 14.3. The van der Waals surface area contributed by atoms with Crippen LogP contribution in [-0.4, -0.2) is 35.0 Å². The molecule has 0 aliphatic rings. The first kappa shape index (κ1) is 19.2. The number of ether oxygens (including phenoxy) is 1. The van der Waals surface area contributed by atoms with E-state index in [4.69, 9.17) is 10.00 Å². The Balaban J connectivity index is 0. The smallest absolute Gasteiger partial charge is 0.391 e. The van der Waals surface area contributed by atoms with Crippen LogP contribution in [0, 0.1) is 0 Å². The normalized spacial score (nSPS) is 14.3. The average molecular weight is 294 g/mol. The zero-order valence-electron chi connectivity index (χ0n) is 8.39. The lowest BCUT2D eigenvalue weighted by Gasteiger charge is -2.18. The van der Waals surface area contributed by atoms with Gasteiger partial charge in [-0.1, -0.05) is 0 Å². The second-order valence-corrected chi connectivity index (χ2v) is 3.23. The summed E-state index contributed by atoms with van der Waals surface area (Å²) in [5.41, 5.74) is 0. The van der Waals surface area contributed by atoms with Crippen molar-refractivity contribution in [3.05, 3.63) is 0 Å². The van der Waals surface area contributed by atoms with Gasteiger partial charge in [-0.05, 0) is 6.92 Å². The molecule has 0 radical (unpaired) electrons. The van der Waals surface area contributed by atoms with E-state index in [0.29, 0.717) is 0 Å². The molecule has 1 atom stereocenters. The number of halogens is 7. The Morgan fingerprint density at radius 1 is 1.18 bits per heavy atom. The van der Waals surface area contributed by atoms with Crippen LogP contribution in [0.2, 0.25) is 0 Å². The second-order valence-electron chi connectivity index (χ2n) is 2.80. The molecule has 0 amide bonds. The van der Waals surface area contributed by atoms with Crippen molar-refractivity contribution in [2.75, 3.05) is 6.61 Å². The molecule has 11 heteroatoms. The molecule has 17 heavy (non-hydrogen) atoms. The van der Waals surface area contributed by atoms with Gasteiger partial charge >= 0.3 is 21.1 Å². The van der Waals surface area contributed by atoms with Crippen LogP contribution < -0.4 is 0 Å². The number of rotatable bonds is 4. The molecule has 106 valence electrons. The van der Waals surface area contributed by atoms with Gasteiger partial charge in [0.05, 0.1) is 12.7 Å². The standard InChI is InChI=1S/C6H9F5O2.F2HOP/c1-4(12)2-13-6(10,11)3-5(7,8)9;1-4(2)3/h4,12H,2-3H2,1H3;3H. The fourth-order valence-electron chi connectivity index (χ4n) is 0.527. The van der Waals surface area contributed by atoms with Crippen LogP contribution in [0.15, 0.2) is 0 Å². The Kier molecular flexibility index (Phi) is 9.04. The highest BCUT2D eigenvalue weighted by Gasteiger charge is 2.44. The van der Waals surface area contributed by atoms with Crippen molar-refractivity contribution in [1.82, 2.24) is 0 Å². The number of hydrogen-bond donors (Lipinski definition) is 2. The summed E-state index contributed by atoms with van der Waals surface area (Å²) in [6.07, 6.45) is -12.8. The second kappa shape index (κ2) is 8.02. The number of aliphatic hydroxyl groups excluding tert-OH is 1. The minimum Gasteiger partial charge on any atom is -0.391 e. The van der Waals surface area contributed by atoms with Crippen molar-refractivity contribution in [2.45, 2.75) is 31.7 Å². The van der Waals surface area contributed by atoms with Crippen molar-refractivity contribution in [2.24, 2.45) is 0 Å². The molecule has 0 heterocycles. The molecule has 0 saturated heterocycles. The summed E-state index contributed by atoms with van der Waals surface area (Å²) in [4.78, 5) is 6.79. The highest BCUT2D eigenvalue weighted by atomic mass is 31.2. The maximum atomic E-state index is 12.2. The molecule has 2 N–H and O–H groups in total. The molecule has 0 bridgehead atoms. The van der Waals surface area contributed by atoms with E-state index in [1.807, 2.05) is 0 Å². The summed E-state index contributed by atoms with van der Waals surface area (Å²) in [5.74, 6) is 0. The largest absolute Gasteiger partial charge is 0.412 e. The lowest BCUT2D eigenvalue weighted by Crippen LogP contribution is -2.31. The first-order valence-electron chi connectivity index (χ1n) is 3.93. The van der Waals surface area contributed by atoms with Crippen LogP contribution >= 0.6 is 8.77 Å². The number of aliphatic hydroxyl groups is 1. The Morgan fingerprint density at radius 3 is 1.76 bits per heavy atom. The average Bonchev–Trinajstić information content (AvgIpc) is 1.95. The number of alkyl halides is 5. The van der Waals surface area contributed by atoms with E-state index in [1.165, 1.54) is 0 Å². The maximum Gasteiger partial charge on any atom is 0.412 e. The van der Waals surface area contributed by atoms with E-state index in [0.717, 1.165) is 6.92 Å². The van der Waals surface area contributed by atoms with Gasteiger partial charge in [0.25, 0.3) is 0 Å². The third-order valence-electron chi connectivity index (χ3n) is 0.942. The molecular formula is C6H10F7O3P. The lowest BCUT2D eigenvalue weighted by molar-refractivity contribution is -0.297. The third kappa shape index (κ3) is 21.6. The van der Waals surface area contributed by atoms with E-state index in [2.05, 4.69) is 4.74 Å². The predicted molar refractivity (Wildman–Crippen MR) is 44.6 cm³/mol. The van der Waals surface area contributed by atoms with Crippen LogP contribution in [0.3, 0.4) is 0 Å². The van der Waals surface area contributed by atoms with Crippen LogP contribution in [-0.2, 0) is 4.74 Å². The molecule has 0 aliphatic carbocycles. The minimum atomic E-state index is -4.98. The van der Waals surface area contributed by atoms with Crippen molar-refractivity contribution in [1.29, 1.82) is 0 Å². The van der Waals surface area contributed by atoms with Crippen molar-refractivity contribution in [3.8, 4) is 0 Å². The van der Waals surface area contributed by atoms with Gasteiger partial charge in [0, 0.05) is 0 Å². The Morgan fingerprint density at radius 2 is 1.53 bits per heavy atom. The van der Waals surface area contributed by atoms with Gasteiger partial charge in [0.2, 0.25) is 0 Å². The highest BCUT2D eigenvalue weighted by molar-refractivity contribution is 7.39. The van der Waals surface area contributed by atoms with E-state index >= 15 is 0 Å². The molecule has 0 aromatic heterocycles. The van der Waals surface area contributed by atoms with Gasteiger partial charge in [0.15, 0.2) is 0 Å². The fourth-order valence-corrected chi connectivity index (χ4v) is 0.527. The van der Waals surface area contributed by atoms with E-state index in [9.17, 15) is 30.3 Å². The fraction of sp³-hybridized carbons (Fsp3) is 1.00. The van der Waals surface area contributed by atoms with Crippen LogP contribution in [0.4, 0.5) is 30.3 Å². The SMILES string of the molecule is CC(O)COC(F)(F)CC(F)(F)F.OP(F)F. The van der Waals surface area contributed by atoms with Crippen molar-refractivity contribution < 1.29 is 45.1 Å². The van der Waals surface area contributed by atoms with Crippen molar-refractivity contribution in [3.63, 3.8) is 0 Å². The van der Waals surface area contributed by atoms with Crippen LogP contribution in [0.5, 0.6) is 0 Å². The molecule has 0 fully saturated rings. The Labute approximate surface area is 93.3 Å². The molecule has 0 aliphatic heterocycles. The molecule has 0 saturated carbocycles. The Bertz CT molecular complexity index is 194.